The molecule has 192 valence electrons. The van der Waals surface area contributed by atoms with Crippen molar-refractivity contribution in [2.75, 3.05) is 5.75 Å². The average Bonchev–Trinajstić information content (AvgIpc) is 2.96. The summed E-state index contributed by atoms with van der Waals surface area (Å²) in [5, 5.41) is 11.6. The number of H-pyrrole nitrogens is 1. The molecule has 0 fully saturated rings. The Morgan fingerprint density at radius 2 is 1.72 bits per heavy atom. The Labute approximate surface area is 232 Å². The van der Waals surface area contributed by atoms with Gasteiger partial charge >= 0.3 is 0 Å². The molecule has 0 saturated carbocycles. The maximum absolute atomic E-state index is 13.3. The number of aromatic amines is 1. The highest BCUT2D eigenvalue weighted by molar-refractivity contribution is 7.91. The highest BCUT2D eigenvalue weighted by Gasteiger charge is 2.19. The second-order valence-corrected chi connectivity index (χ2v) is 11.1. The van der Waals surface area contributed by atoms with Crippen LogP contribution in [0.4, 0.5) is 0 Å². The third-order valence-electron chi connectivity index (χ3n) is 6.57. The quantitative estimate of drug-likeness (QED) is 0.230. The van der Waals surface area contributed by atoms with Crippen molar-refractivity contribution in [2.24, 2.45) is 0 Å². The van der Waals surface area contributed by atoms with Crippen LogP contribution in [-0.2, 0) is 17.6 Å². The SMILES string of the molecule is O=c1cc([S+]([O-])CCc2ccc(O)cc2)[nH]c2nc(-c3ccccc3)c(-c3cc(Cl)c4ncccc4c3)cc12. The fraction of sp³-hybridized carbons (Fsp3) is 0.0645. The van der Waals surface area contributed by atoms with Crippen LogP contribution in [0.5, 0.6) is 5.75 Å². The molecule has 6 nitrogen and oxygen atoms in total. The van der Waals surface area contributed by atoms with Gasteiger partial charge in [-0.05, 0) is 47.5 Å². The van der Waals surface area contributed by atoms with E-state index in [-0.39, 0.29) is 11.2 Å². The lowest BCUT2D eigenvalue weighted by Gasteiger charge is -2.14. The summed E-state index contributed by atoms with van der Waals surface area (Å²) >= 11 is 5.15. The first kappa shape index (κ1) is 25.1. The van der Waals surface area contributed by atoms with Gasteiger partial charge in [0, 0.05) is 40.3 Å². The lowest BCUT2D eigenvalue weighted by Crippen LogP contribution is -2.15. The summed E-state index contributed by atoms with van der Waals surface area (Å²) in [6.45, 7) is 0. The normalized spacial score (nSPS) is 12.2. The first-order valence-corrected chi connectivity index (χ1v) is 14.0. The van der Waals surface area contributed by atoms with Crippen molar-refractivity contribution < 1.29 is 9.66 Å². The number of aryl methyl sites for hydroxylation is 1. The molecule has 3 heterocycles. The zero-order valence-corrected chi connectivity index (χ0v) is 22.2. The minimum atomic E-state index is -1.45. The number of hydrogen-bond donors (Lipinski definition) is 2. The van der Waals surface area contributed by atoms with Crippen LogP contribution in [0.2, 0.25) is 5.02 Å². The summed E-state index contributed by atoms with van der Waals surface area (Å²) in [6.07, 6.45) is 2.23. The Morgan fingerprint density at radius 3 is 2.51 bits per heavy atom. The fourth-order valence-corrected chi connectivity index (χ4v) is 5.96. The summed E-state index contributed by atoms with van der Waals surface area (Å²) in [6, 6.07) is 27.3. The molecule has 6 rings (SSSR count). The van der Waals surface area contributed by atoms with E-state index in [0.29, 0.717) is 44.5 Å². The number of nitrogens with one attached hydrogen (secondary N) is 1. The lowest BCUT2D eigenvalue weighted by atomic mass is 9.97. The molecule has 0 amide bonds. The van der Waals surface area contributed by atoms with Gasteiger partial charge in [-0.15, -0.1) is 0 Å². The van der Waals surface area contributed by atoms with E-state index in [2.05, 4.69) is 9.97 Å². The number of aromatic hydroxyl groups is 1. The highest BCUT2D eigenvalue weighted by Crippen LogP contribution is 2.36. The molecule has 0 radical (unpaired) electrons. The summed E-state index contributed by atoms with van der Waals surface area (Å²) in [5.74, 6) is 0.500. The van der Waals surface area contributed by atoms with Gasteiger partial charge in [-0.1, -0.05) is 60.1 Å². The predicted octanol–water partition coefficient (Wildman–Crippen LogP) is 6.51. The van der Waals surface area contributed by atoms with Crippen LogP contribution in [-0.4, -0.2) is 30.4 Å². The lowest BCUT2D eigenvalue weighted by molar-refractivity contribution is 0.475. The Kier molecular flexibility index (Phi) is 6.79. The number of halogens is 1. The number of phenolic OH excluding ortho intramolecular Hbond substituents is 1. The molecule has 0 spiro atoms. The molecular weight excluding hydrogens is 530 g/mol. The molecule has 3 aromatic heterocycles. The van der Waals surface area contributed by atoms with Crippen LogP contribution in [0.3, 0.4) is 0 Å². The van der Waals surface area contributed by atoms with Gasteiger partial charge in [-0.2, -0.15) is 0 Å². The van der Waals surface area contributed by atoms with Crippen molar-refractivity contribution in [2.45, 2.75) is 11.4 Å². The fourth-order valence-electron chi connectivity index (χ4n) is 4.59. The summed E-state index contributed by atoms with van der Waals surface area (Å²) < 4.78 is 13.1. The number of nitrogens with zero attached hydrogens (tertiary/aromatic N) is 2. The Morgan fingerprint density at radius 1 is 0.923 bits per heavy atom. The van der Waals surface area contributed by atoms with Crippen LogP contribution in [0.25, 0.3) is 44.3 Å². The topological polar surface area (TPSA) is 102 Å². The zero-order chi connectivity index (χ0) is 26.9. The van der Waals surface area contributed by atoms with Gasteiger partial charge < -0.3 is 9.66 Å². The van der Waals surface area contributed by atoms with E-state index in [1.165, 1.54) is 6.07 Å². The van der Waals surface area contributed by atoms with Gasteiger partial charge in [-0.25, -0.2) is 4.98 Å². The Bertz CT molecular complexity index is 1880. The van der Waals surface area contributed by atoms with Crippen LogP contribution in [0.1, 0.15) is 5.56 Å². The van der Waals surface area contributed by atoms with Crippen LogP contribution >= 0.6 is 11.6 Å². The van der Waals surface area contributed by atoms with Gasteiger partial charge in [0.2, 0.25) is 5.03 Å². The number of aromatic nitrogens is 3. The van der Waals surface area contributed by atoms with E-state index in [1.54, 1.807) is 30.5 Å². The number of fused-ring (bicyclic) bond motifs is 2. The van der Waals surface area contributed by atoms with Gasteiger partial charge in [0.25, 0.3) is 0 Å². The van der Waals surface area contributed by atoms with Crippen molar-refractivity contribution in [1.82, 2.24) is 15.0 Å². The van der Waals surface area contributed by atoms with Crippen LogP contribution in [0.15, 0.2) is 107 Å². The minimum absolute atomic E-state index is 0.182. The molecule has 6 aromatic rings. The second-order valence-electron chi connectivity index (χ2n) is 9.14. The minimum Gasteiger partial charge on any atom is -0.610 e. The highest BCUT2D eigenvalue weighted by atomic mass is 35.5. The summed E-state index contributed by atoms with van der Waals surface area (Å²) in [4.78, 5) is 25.7. The number of rotatable bonds is 6. The van der Waals surface area contributed by atoms with Crippen molar-refractivity contribution >= 4 is 44.7 Å². The zero-order valence-electron chi connectivity index (χ0n) is 20.6. The van der Waals surface area contributed by atoms with Crippen LogP contribution < -0.4 is 5.43 Å². The molecule has 0 aliphatic carbocycles. The third kappa shape index (κ3) is 5.12. The van der Waals surface area contributed by atoms with Crippen molar-refractivity contribution in [1.29, 1.82) is 0 Å². The maximum atomic E-state index is 13.3. The number of pyridine rings is 3. The molecule has 2 N–H and O–H groups in total. The first-order chi connectivity index (χ1) is 19.0. The predicted molar refractivity (Wildman–Crippen MR) is 157 cm³/mol. The van der Waals surface area contributed by atoms with E-state index in [4.69, 9.17) is 16.6 Å². The monoisotopic (exact) mass is 551 g/mol. The van der Waals surface area contributed by atoms with E-state index in [0.717, 1.165) is 27.6 Å². The second kappa shape index (κ2) is 10.5. The van der Waals surface area contributed by atoms with E-state index >= 15 is 0 Å². The Balaban J connectivity index is 1.45. The standard InChI is InChI=1S/C31H22ClN3O3S/c32-26-16-22(15-21-7-4-13-33-30(21)26)24-17-25-27(37)18-28(39(38)14-12-19-8-10-23(36)11-9-19)34-31(25)35-29(24)20-5-2-1-3-6-20/h1-11,13,15-18,36H,12,14H2,(H,34,35,37). The van der Waals surface area contributed by atoms with Gasteiger partial charge in [0.05, 0.1) is 27.7 Å². The van der Waals surface area contributed by atoms with E-state index in [1.807, 2.05) is 60.7 Å². The molecule has 1 unspecified atom stereocenters. The van der Waals surface area contributed by atoms with Crippen molar-refractivity contribution in [3.05, 3.63) is 118 Å². The molecule has 8 heteroatoms. The summed E-state index contributed by atoms with van der Waals surface area (Å²) in [5.41, 5.74) is 4.87. The molecule has 0 aliphatic rings. The smallest absolute Gasteiger partial charge is 0.228 e. The molecule has 0 bridgehead atoms. The molecule has 39 heavy (non-hydrogen) atoms. The van der Waals surface area contributed by atoms with Gasteiger partial charge in [0.1, 0.15) is 17.1 Å². The summed E-state index contributed by atoms with van der Waals surface area (Å²) in [7, 11) is 0. The molecule has 3 aromatic carbocycles. The number of hydrogen-bond acceptors (Lipinski definition) is 5. The van der Waals surface area contributed by atoms with Gasteiger partial charge in [0.15, 0.2) is 5.43 Å². The van der Waals surface area contributed by atoms with Crippen molar-refractivity contribution in [3.63, 3.8) is 0 Å². The number of benzene rings is 3. The largest absolute Gasteiger partial charge is 0.610 e. The molecular formula is C31H22ClN3O3S. The maximum Gasteiger partial charge on any atom is 0.228 e. The molecule has 0 aliphatic heterocycles. The number of phenols is 1. The van der Waals surface area contributed by atoms with E-state index in [9.17, 15) is 14.5 Å². The molecule has 1 atom stereocenters. The van der Waals surface area contributed by atoms with Gasteiger partial charge in [-0.3, -0.25) is 14.8 Å². The first-order valence-electron chi connectivity index (χ1n) is 12.3. The van der Waals surface area contributed by atoms with Crippen molar-refractivity contribution in [3.8, 4) is 28.1 Å². The average molecular weight is 552 g/mol. The Hall–Kier alpha value is -4.17. The van der Waals surface area contributed by atoms with Crippen LogP contribution in [0, 0.1) is 0 Å². The van der Waals surface area contributed by atoms with E-state index < -0.39 is 11.2 Å². The molecule has 0 saturated heterocycles. The third-order valence-corrected chi connectivity index (χ3v) is 8.14.